The van der Waals surface area contributed by atoms with Crippen molar-refractivity contribution in [3.8, 4) is 0 Å². The Morgan fingerprint density at radius 2 is 2.10 bits per heavy atom. The van der Waals surface area contributed by atoms with Crippen molar-refractivity contribution in [2.75, 3.05) is 0 Å². The third-order valence-electron chi connectivity index (χ3n) is 3.36. The monoisotopic (exact) mass is 306 g/mol. The lowest BCUT2D eigenvalue weighted by molar-refractivity contribution is -0.385. The molecule has 0 unspecified atom stereocenters. The van der Waals surface area contributed by atoms with Gasteiger partial charge in [0.15, 0.2) is 0 Å². The zero-order valence-corrected chi connectivity index (χ0v) is 13.3. The van der Waals surface area contributed by atoms with E-state index in [1.165, 1.54) is 0 Å². The Hall–Kier alpha value is -1.68. The standard InChI is InChI=1S/C16H19ClN2O2/c1-4-5-11-6-7-13-12(9-11)15(17)16(19(20)21)14(18-13)8-10(2)3/h6-7,9-10H,4-5,8H2,1-3H3. The van der Waals surface area contributed by atoms with Crippen molar-refractivity contribution in [1.82, 2.24) is 4.98 Å². The molecule has 21 heavy (non-hydrogen) atoms. The highest BCUT2D eigenvalue weighted by Gasteiger charge is 2.24. The molecule has 0 spiro atoms. The first-order valence-electron chi connectivity index (χ1n) is 7.19. The second kappa shape index (κ2) is 6.39. The molecule has 0 bridgehead atoms. The van der Waals surface area contributed by atoms with Crippen LogP contribution in [-0.2, 0) is 12.8 Å². The summed E-state index contributed by atoms with van der Waals surface area (Å²) in [5, 5.41) is 12.2. The van der Waals surface area contributed by atoms with E-state index in [-0.39, 0.29) is 16.6 Å². The molecule has 5 heteroatoms. The first-order chi connectivity index (χ1) is 9.93. The van der Waals surface area contributed by atoms with Crippen LogP contribution in [0.3, 0.4) is 0 Å². The number of nitrogens with zero attached hydrogens (tertiary/aromatic N) is 2. The van der Waals surface area contributed by atoms with Gasteiger partial charge in [-0.1, -0.05) is 44.9 Å². The smallest absolute Gasteiger partial charge is 0.258 e. The molecule has 0 aliphatic rings. The van der Waals surface area contributed by atoms with Crippen LogP contribution in [0.4, 0.5) is 5.69 Å². The van der Waals surface area contributed by atoms with E-state index in [4.69, 9.17) is 11.6 Å². The van der Waals surface area contributed by atoms with Crippen molar-refractivity contribution in [2.24, 2.45) is 5.92 Å². The number of aryl methyl sites for hydroxylation is 1. The van der Waals surface area contributed by atoms with Crippen LogP contribution in [0.5, 0.6) is 0 Å². The van der Waals surface area contributed by atoms with Crippen molar-refractivity contribution in [3.63, 3.8) is 0 Å². The second-order valence-corrected chi connectivity index (χ2v) is 6.06. The molecule has 2 aromatic rings. The number of pyridine rings is 1. The summed E-state index contributed by atoms with van der Waals surface area (Å²) in [6, 6.07) is 5.83. The van der Waals surface area contributed by atoms with Gasteiger partial charge in [-0.3, -0.25) is 10.1 Å². The summed E-state index contributed by atoms with van der Waals surface area (Å²) in [6.45, 7) is 6.11. The van der Waals surface area contributed by atoms with Gasteiger partial charge in [-0.15, -0.1) is 0 Å². The normalized spacial score (nSPS) is 11.3. The van der Waals surface area contributed by atoms with Crippen molar-refractivity contribution in [2.45, 2.75) is 40.0 Å². The lowest BCUT2D eigenvalue weighted by Crippen LogP contribution is -2.04. The van der Waals surface area contributed by atoms with Crippen LogP contribution in [0.1, 0.15) is 38.4 Å². The number of hydrogen-bond acceptors (Lipinski definition) is 3. The van der Waals surface area contributed by atoms with Gasteiger partial charge in [0.25, 0.3) is 0 Å². The Balaban J connectivity index is 2.68. The molecule has 112 valence electrons. The molecular formula is C16H19ClN2O2. The zero-order chi connectivity index (χ0) is 15.6. The number of halogens is 1. The lowest BCUT2D eigenvalue weighted by atomic mass is 10.0. The average molecular weight is 307 g/mol. The number of rotatable bonds is 5. The third kappa shape index (κ3) is 3.32. The summed E-state index contributed by atoms with van der Waals surface area (Å²) in [6.07, 6.45) is 2.49. The zero-order valence-electron chi connectivity index (χ0n) is 12.5. The summed E-state index contributed by atoms with van der Waals surface area (Å²) in [4.78, 5) is 15.4. The lowest BCUT2D eigenvalue weighted by Gasteiger charge is -2.10. The van der Waals surface area contributed by atoms with Gasteiger partial charge < -0.3 is 0 Å². The Labute approximate surface area is 129 Å². The molecule has 0 atom stereocenters. The predicted molar refractivity (Wildman–Crippen MR) is 85.9 cm³/mol. The van der Waals surface area contributed by atoms with Gasteiger partial charge >= 0.3 is 5.69 Å². The van der Waals surface area contributed by atoms with Gasteiger partial charge in [0, 0.05) is 5.39 Å². The van der Waals surface area contributed by atoms with E-state index < -0.39 is 4.92 Å². The SMILES string of the molecule is CCCc1ccc2nc(CC(C)C)c([N+](=O)[O-])c(Cl)c2c1. The van der Waals surface area contributed by atoms with Crippen molar-refractivity contribution in [1.29, 1.82) is 0 Å². The molecule has 0 aliphatic carbocycles. The molecule has 4 nitrogen and oxygen atoms in total. The molecule has 0 saturated heterocycles. The molecule has 0 fully saturated rings. The highest BCUT2D eigenvalue weighted by atomic mass is 35.5. The maximum absolute atomic E-state index is 11.4. The number of hydrogen-bond donors (Lipinski definition) is 0. The molecule has 1 heterocycles. The van der Waals surface area contributed by atoms with Crippen LogP contribution in [0.25, 0.3) is 10.9 Å². The summed E-state index contributed by atoms with van der Waals surface area (Å²) in [7, 11) is 0. The van der Waals surface area contributed by atoms with E-state index in [1.54, 1.807) is 0 Å². The second-order valence-electron chi connectivity index (χ2n) is 5.68. The van der Waals surface area contributed by atoms with Crippen LogP contribution >= 0.6 is 11.6 Å². The molecule has 0 amide bonds. The largest absolute Gasteiger partial charge is 0.309 e. The number of aromatic nitrogens is 1. The summed E-state index contributed by atoms with van der Waals surface area (Å²) >= 11 is 6.32. The van der Waals surface area contributed by atoms with Crippen molar-refractivity contribution < 1.29 is 4.92 Å². The quantitative estimate of drug-likeness (QED) is 0.580. The van der Waals surface area contributed by atoms with Crippen molar-refractivity contribution in [3.05, 3.63) is 44.6 Å². The van der Waals surface area contributed by atoms with Gasteiger partial charge in [-0.2, -0.15) is 0 Å². The van der Waals surface area contributed by atoms with Crippen LogP contribution in [0, 0.1) is 16.0 Å². The van der Waals surface area contributed by atoms with Gasteiger partial charge in [-0.25, -0.2) is 4.98 Å². The molecule has 1 aromatic heterocycles. The fourth-order valence-electron chi connectivity index (χ4n) is 2.47. The Morgan fingerprint density at radius 1 is 1.38 bits per heavy atom. The van der Waals surface area contributed by atoms with Crippen LogP contribution < -0.4 is 0 Å². The minimum atomic E-state index is -0.418. The van der Waals surface area contributed by atoms with E-state index in [9.17, 15) is 10.1 Å². The summed E-state index contributed by atoms with van der Waals surface area (Å²) in [5.74, 6) is 0.282. The Kier molecular flexibility index (Phi) is 4.78. The van der Waals surface area contributed by atoms with E-state index in [0.717, 1.165) is 23.9 Å². The summed E-state index contributed by atoms with van der Waals surface area (Å²) < 4.78 is 0. The van der Waals surface area contributed by atoms with E-state index in [1.807, 2.05) is 32.0 Å². The fraction of sp³-hybridized carbons (Fsp3) is 0.438. The highest BCUT2D eigenvalue weighted by Crippen LogP contribution is 2.35. The first kappa shape index (κ1) is 15.7. The molecule has 1 aromatic carbocycles. The minimum absolute atomic E-state index is 0.0495. The maximum atomic E-state index is 11.4. The topological polar surface area (TPSA) is 56.0 Å². The van der Waals surface area contributed by atoms with Gasteiger partial charge in [0.05, 0.1) is 10.4 Å². The predicted octanol–water partition coefficient (Wildman–Crippen LogP) is 4.95. The molecule has 0 saturated carbocycles. The maximum Gasteiger partial charge on any atom is 0.309 e. The first-order valence-corrected chi connectivity index (χ1v) is 7.57. The van der Waals surface area contributed by atoms with Crippen molar-refractivity contribution >= 4 is 28.2 Å². The van der Waals surface area contributed by atoms with Crippen LogP contribution in [-0.4, -0.2) is 9.91 Å². The average Bonchev–Trinajstić information content (AvgIpc) is 2.39. The van der Waals surface area contributed by atoms with Gasteiger partial charge in [-0.05, 0) is 36.5 Å². The van der Waals surface area contributed by atoms with E-state index in [0.29, 0.717) is 17.5 Å². The number of nitro groups is 1. The van der Waals surface area contributed by atoms with E-state index >= 15 is 0 Å². The summed E-state index contributed by atoms with van der Waals surface area (Å²) in [5.41, 5.74) is 2.27. The Morgan fingerprint density at radius 3 is 2.67 bits per heavy atom. The van der Waals surface area contributed by atoms with Gasteiger partial charge in [0.1, 0.15) is 10.7 Å². The Bertz CT molecular complexity index is 684. The molecule has 0 aliphatic heterocycles. The van der Waals surface area contributed by atoms with Crippen LogP contribution in [0.2, 0.25) is 5.02 Å². The molecule has 2 rings (SSSR count). The van der Waals surface area contributed by atoms with E-state index in [2.05, 4.69) is 11.9 Å². The number of benzene rings is 1. The molecular weight excluding hydrogens is 288 g/mol. The van der Waals surface area contributed by atoms with Crippen LogP contribution in [0.15, 0.2) is 18.2 Å². The highest BCUT2D eigenvalue weighted by molar-refractivity contribution is 6.37. The number of fused-ring (bicyclic) bond motifs is 1. The molecule has 0 radical (unpaired) electrons. The third-order valence-corrected chi connectivity index (χ3v) is 3.74. The fourth-order valence-corrected chi connectivity index (χ4v) is 2.80. The molecule has 0 N–H and O–H groups in total. The van der Waals surface area contributed by atoms with Gasteiger partial charge in [0.2, 0.25) is 0 Å². The minimum Gasteiger partial charge on any atom is -0.258 e.